The molecule has 0 aliphatic carbocycles. The Morgan fingerprint density at radius 1 is 1.03 bits per heavy atom. The summed E-state index contributed by atoms with van der Waals surface area (Å²) in [7, 11) is 0. The predicted octanol–water partition coefficient (Wildman–Crippen LogP) is 2.80. The van der Waals surface area contributed by atoms with E-state index in [4.69, 9.17) is 4.52 Å². The lowest BCUT2D eigenvalue weighted by atomic mass is 10.1. The lowest BCUT2D eigenvalue weighted by Gasteiger charge is -2.07. The minimum atomic E-state index is -0.271. The van der Waals surface area contributed by atoms with Crippen molar-refractivity contribution >= 4 is 17.0 Å². The van der Waals surface area contributed by atoms with Crippen molar-refractivity contribution in [3.63, 3.8) is 0 Å². The zero-order chi connectivity index (χ0) is 20.1. The second kappa shape index (κ2) is 8.52. The van der Waals surface area contributed by atoms with Crippen LogP contribution in [0.25, 0.3) is 22.4 Å². The predicted molar refractivity (Wildman–Crippen MR) is 109 cm³/mol. The van der Waals surface area contributed by atoms with Crippen molar-refractivity contribution in [2.24, 2.45) is 0 Å². The van der Waals surface area contributed by atoms with E-state index in [1.807, 2.05) is 60.7 Å². The van der Waals surface area contributed by atoms with Crippen LogP contribution in [0.2, 0.25) is 0 Å². The molecule has 0 saturated carbocycles. The summed E-state index contributed by atoms with van der Waals surface area (Å²) in [5, 5.41) is 7.21. The maximum absolute atomic E-state index is 12.9. The number of carbonyl (C=O) groups is 1. The topological polar surface area (TPSA) is 90.0 Å². The van der Waals surface area contributed by atoms with Crippen LogP contribution >= 0.6 is 0 Å². The fourth-order valence-corrected chi connectivity index (χ4v) is 3.13. The first kappa shape index (κ1) is 18.6. The lowest BCUT2D eigenvalue weighted by molar-refractivity contribution is -0.121. The van der Waals surface area contributed by atoms with Crippen LogP contribution in [0.4, 0.5) is 0 Å². The van der Waals surface area contributed by atoms with E-state index in [1.165, 1.54) is 16.5 Å². The number of rotatable bonds is 7. The van der Waals surface area contributed by atoms with Gasteiger partial charge in [0.05, 0.1) is 0 Å². The molecule has 29 heavy (non-hydrogen) atoms. The average Bonchev–Trinajstić information content (AvgIpc) is 3.20. The van der Waals surface area contributed by atoms with Gasteiger partial charge in [0.2, 0.25) is 5.91 Å². The molecule has 1 amide bonds. The summed E-state index contributed by atoms with van der Waals surface area (Å²) in [6.07, 6.45) is 2.34. The highest BCUT2D eigenvalue weighted by Crippen LogP contribution is 2.23. The Kier molecular flexibility index (Phi) is 5.47. The molecular weight excluding hydrogens is 368 g/mol. The third-order valence-electron chi connectivity index (χ3n) is 4.67. The zero-order valence-corrected chi connectivity index (χ0v) is 15.7. The molecule has 0 spiro atoms. The number of aryl methyl sites for hydroxylation is 1. The lowest BCUT2D eigenvalue weighted by Crippen LogP contribution is -2.29. The van der Waals surface area contributed by atoms with Crippen molar-refractivity contribution in [3.8, 4) is 11.3 Å². The van der Waals surface area contributed by atoms with E-state index in [0.29, 0.717) is 17.6 Å². The van der Waals surface area contributed by atoms with Gasteiger partial charge in [0, 0.05) is 25.1 Å². The fourth-order valence-electron chi connectivity index (χ4n) is 3.13. The van der Waals surface area contributed by atoms with E-state index in [2.05, 4.69) is 15.5 Å². The van der Waals surface area contributed by atoms with Crippen molar-refractivity contribution in [1.29, 1.82) is 0 Å². The second-order valence-corrected chi connectivity index (χ2v) is 6.66. The van der Waals surface area contributed by atoms with Crippen LogP contribution in [-0.4, -0.2) is 27.2 Å². The van der Waals surface area contributed by atoms with Gasteiger partial charge in [0.15, 0.2) is 0 Å². The van der Waals surface area contributed by atoms with Crippen LogP contribution in [0.3, 0.4) is 0 Å². The Morgan fingerprint density at radius 2 is 1.76 bits per heavy atom. The van der Waals surface area contributed by atoms with Gasteiger partial charge in [-0.25, -0.2) is 4.98 Å². The van der Waals surface area contributed by atoms with Crippen LogP contribution in [0.5, 0.6) is 0 Å². The molecule has 2 heterocycles. The molecule has 2 aromatic heterocycles. The van der Waals surface area contributed by atoms with Gasteiger partial charge in [-0.2, -0.15) is 0 Å². The van der Waals surface area contributed by atoms with E-state index in [1.54, 1.807) is 0 Å². The minimum absolute atomic E-state index is 0.110. The Balaban J connectivity index is 1.42. The smallest absolute Gasteiger partial charge is 0.266 e. The molecule has 0 fully saturated rings. The number of carbonyl (C=O) groups excluding carboxylic acids is 1. The summed E-state index contributed by atoms with van der Waals surface area (Å²) in [5.41, 5.74) is 2.32. The highest BCUT2D eigenvalue weighted by Gasteiger charge is 2.17. The van der Waals surface area contributed by atoms with Gasteiger partial charge in [0.25, 0.3) is 11.3 Å². The Labute approximate surface area is 167 Å². The summed E-state index contributed by atoms with van der Waals surface area (Å²) in [6, 6.07) is 19.3. The van der Waals surface area contributed by atoms with Crippen molar-refractivity contribution < 1.29 is 9.32 Å². The zero-order valence-electron chi connectivity index (χ0n) is 15.7. The summed E-state index contributed by atoms with van der Waals surface area (Å²) >= 11 is 0. The highest BCUT2D eigenvalue weighted by atomic mass is 16.5. The molecule has 7 nitrogen and oxygen atoms in total. The molecule has 0 unspecified atom stereocenters. The van der Waals surface area contributed by atoms with E-state index in [9.17, 15) is 9.59 Å². The van der Waals surface area contributed by atoms with E-state index >= 15 is 0 Å². The molecule has 0 aliphatic heterocycles. The monoisotopic (exact) mass is 388 g/mol. The Hall–Kier alpha value is -3.74. The summed E-state index contributed by atoms with van der Waals surface area (Å²) in [5.74, 6) is -0.110. The number of aromatic nitrogens is 3. The van der Waals surface area contributed by atoms with E-state index < -0.39 is 0 Å². The number of hydrogen-bond acceptors (Lipinski definition) is 5. The van der Waals surface area contributed by atoms with Crippen molar-refractivity contribution in [1.82, 2.24) is 20.0 Å². The molecule has 1 N–H and O–H groups in total. The Bertz CT molecular complexity index is 1170. The molecule has 0 radical (unpaired) electrons. The van der Waals surface area contributed by atoms with Gasteiger partial charge in [-0.15, -0.1) is 0 Å². The van der Waals surface area contributed by atoms with Gasteiger partial charge >= 0.3 is 0 Å². The van der Waals surface area contributed by atoms with Gasteiger partial charge in [-0.05, 0) is 12.0 Å². The van der Waals surface area contributed by atoms with Gasteiger partial charge in [0.1, 0.15) is 17.4 Å². The number of fused-ring (bicyclic) bond motifs is 1. The van der Waals surface area contributed by atoms with Crippen LogP contribution in [-0.2, 0) is 17.8 Å². The number of amides is 1. The molecule has 146 valence electrons. The maximum atomic E-state index is 12.9. The van der Waals surface area contributed by atoms with Gasteiger partial charge in [-0.3, -0.25) is 14.2 Å². The molecule has 0 atom stereocenters. The number of nitrogens with zero attached hydrogens (tertiary/aromatic N) is 3. The summed E-state index contributed by atoms with van der Waals surface area (Å²) < 4.78 is 6.63. The fraction of sp³-hybridized carbons (Fsp3) is 0.182. The van der Waals surface area contributed by atoms with Gasteiger partial charge < -0.3 is 9.84 Å². The number of hydrogen-bond donors (Lipinski definition) is 1. The van der Waals surface area contributed by atoms with Crippen LogP contribution < -0.4 is 10.9 Å². The van der Waals surface area contributed by atoms with Crippen molar-refractivity contribution in [2.45, 2.75) is 19.4 Å². The molecule has 4 aromatic rings. The third-order valence-corrected chi connectivity index (χ3v) is 4.67. The molecule has 7 heteroatoms. The first-order valence-corrected chi connectivity index (χ1v) is 9.43. The number of nitrogens with one attached hydrogen (secondary N) is 1. The average molecular weight is 388 g/mol. The molecular formula is C22H20N4O3. The molecule has 0 aliphatic rings. The van der Waals surface area contributed by atoms with Crippen LogP contribution in [0.1, 0.15) is 12.0 Å². The summed E-state index contributed by atoms with van der Waals surface area (Å²) in [6.45, 7) is 0.789. The van der Waals surface area contributed by atoms with Crippen LogP contribution in [0.15, 0.2) is 76.3 Å². The first-order valence-electron chi connectivity index (χ1n) is 9.43. The standard InChI is InChI=1S/C22H20N4O3/c27-18(23-13-11-16-7-3-1-4-8-16)12-14-26-15-24-21-19(22(26)28)20(25-29-21)17-9-5-2-6-10-17/h1-10,15H,11-14H2,(H,23,27). The Morgan fingerprint density at radius 3 is 2.52 bits per heavy atom. The molecule has 0 saturated heterocycles. The maximum Gasteiger partial charge on any atom is 0.266 e. The SMILES string of the molecule is O=C(CCn1cnc2onc(-c3ccccc3)c2c1=O)NCCc1ccccc1. The largest absolute Gasteiger partial charge is 0.356 e. The first-order chi connectivity index (χ1) is 14.2. The van der Waals surface area contributed by atoms with E-state index in [0.717, 1.165) is 12.0 Å². The van der Waals surface area contributed by atoms with Crippen molar-refractivity contribution in [2.75, 3.05) is 6.54 Å². The molecule has 2 aromatic carbocycles. The quantitative estimate of drug-likeness (QED) is 0.526. The van der Waals surface area contributed by atoms with Gasteiger partial charge in [-0.1, -0.05) is 65.8 Å². The highest BCUT2D eigenvalue weighted by molar-refractivity contribution is 5.88. The summed E-state index contributed by atoms with van der Waals surface area (Å²) in [4.78, 5) is 29.2. The molecule has 4 rings (SSSR count). The van der Waals surface area contributed by atoms with E-state index in [-0.39, 0.29) is 30.1 Å². The van der Waals surface area contributed by atoms with Crippen LogP contribution in [0, 0.1) is 0 Å². The van der Waals surface area contributed by atoms with Crippen molar-refractivity contribution in [3.05, 3.63) is 82.9 Å². The number of benzene rings is 2. The molecule has 0 bridgehead atoms. The third kappa shape index (κ3) is 4.24. The minimum Gasteiger partial charge on any atom is -0.356 e. The normalized spacial score (nSPS) is 10.9. The second-order valence-electron chi connectivity index (χ2n) is 6.66.